The van der Waals surface area contributed by atoms with Gasteiger partial charge in [0, 0.05) is 13.1 Å². The number of hydrogen-bond donors (Lipinski definition) is 3. The van der Waals surface area contributed by atoms with Gasteiger partial charge in [-0.05, 0) is 23.1 Å². The number of benzene rings is 2. The Hall–Kier alpha value is -3.40. The Balaban J connectivity index is 0.000000423. The van der Waals surface area contributed by atoms with Crippen LogP contribution in [0.25, 0.3) is 0 Å². The van der Waals surface area contributed by atoms with Gasteiger partial charge in [0.15, 0.2) is 0 Å². The molecular formula is C21H22F3N3O4. The number of carbonyl (C=O) groups is 3. The number of aliphatic carboxylic acids is 1. The molecule has 31 heavy (non-hydrogen) atoms. The van der Waals surface area contributed by atoms with Crippen LogP contribution in [-0.4, -0.2) is 46.6 Å². The molecule has 0 saturated heterocycles. The Kier molecular flexibility index (Phi) is 8.14. The molecule has 7 nitrogen and oxygen atoms in total. The average Bonchev–Trinajstić information content (AvgIpc) is 2.84. The molecule has 0 unspecified atom stereocenters. The third-order valence-corrected chi connectivity index (χ3v) is 4.46. The number of carboxylic acid groups (broad SMARTS) is 1. The Morgan fingerprint density at radius 3 is 2.19 bits per heavy atom. The minimum absolute atomic E-state index is 0.0215. The van der Waals surface area contributed by atoms with Gasteiger partial charge in [-0.3, -0.25) is 9.59 Å². The van der Waals surface area contributed by atoms with Crippen LogP contribution in [0, 0.1) is 0 Å². The summed E-state index contributed by atoms with van der Waals surface area (Å²) in [5, 5.41) is 9.98. The zero-order valence-corrected chi connectivity index (χ0v) is 16.4. The first kappa shape index (κ1) is 23.9. The van der Waals surface area contributed by atoms with Crippen LogP contribution in [0.5, 0.6) is 0 Å². The van der Waals surface area contributed by atoms with Crippen LogP contribution in [0.15, 0.2) is 54.6 Å². The highest BCUT2D eigenvalue weighted by atomic mass is 19.4. The number of nitrogens with zero attached hydrogens (tertiary/aromatic N) is 1. The molecule has 0 bridgehead atoms. The molecule has 0 aliphatic carbocycles. The van der Waals surface area contributed by atoms with Crippen molar-refractivity contribution < 1.29 is 32.7 Å². The lowest BCUT2D eigenvalue weighted by Crippen LogP contribution is -2.46. The lowest BCUT2D eigenvalue weighted by Gasteiger charge is -2.22. The summed E-state index contributed by atoms with van der Waals surface area (Å²) in [6.07, 6.45) is -4.57. The number of halogens is 3. The van der Waals surface area contributed by atoms with E-state index in [1.165, 1.54) is 4.90 Å². The van der Waals surface area contributed by atoms with Gasteiger partial charge in [0.1, 0.15) is 0 Å². The van der Waals surface area contributed by atoms with Crippen molar-refractivity contribution in [1.29, 1.82) is 0 Å². The number of hydrogen-bond acceptors (Lipinski definition) is 4. The van der Waals surface area contributed by atoms with Crippen LogP contribution in [0.4, 0.5) is 13.2 Å². The summed E-state index contributed by atoms with van der Waals surface area (Å²) in [7, 11) is 0. The van der Waals surface area contributed by atoms with E-state index in [1.54, 1.807) is 0 Å². The van der Waals surface area contributed by atoms with E-state index < -0.39 is 18.2 Å². The van der Waals surface area contributed by atoms with Crippen molar-refractivity contribution in [3.8, 4) is 0 Å². The molecule has 0 saturated carbocycles. The summed E-state index contributed by atoms with van der Waals surface area (Å²) in [6, 6.07) is 16.9. The van der Waals surface area contributed by atoms with Crippen molar-refractivity contribution in [3.05, 3.63) is 71.3 Å². The van der Waals surface area contributed by atoms with Crippen molar-refractivity contribution in [3.63, 3.8) is 0 Å². The third kappa shape index (κ3) is 7.41. The number of alkyl halides is 3. The Morgan fingerprint density at radius 2 is 1.61 bits per heavy atom. The number of amides is 2. The Labute approximate surface area is 176 Å². The van der Waals surface area contributed by atoms with E-state index in [-0.39, 0.29) is 18.4 Å². The minimum atomic E-state index is -5.08. The molecule has 1 atom stereocenters. The highest BCUT2D eigenvalue weighted by molar-refractivity contribution is 5.88. The second-order valence-electron chi connectivity index (χ2n) is 6.84. The quantitative estimate of drug-likeness (QED) is 0.676. The largest absolute Gasteiger partial charge is 0.490 e. The topological polar surface area (TPSA) is 113 Å². The first-order valence-corrected chi connectivity index (χ1v) is 9.30. The van der Waals surface area contributed by atoms with Crippen LogP contribution in [-0.2, 0) is 33.9 Å². The maximum Gasteiger partial charge on any atom is 0.490 e. The van der Waals surface area contributed by atoms with Crippen molar-refractivity contribution in [1.82, 2.24) is 10.2 Å². The lowest BCUT2D eigenvalue weighted by molar-refractivity contribution is -0.192. The van der Waals surface area contributed by atoms with Crippen LogP contribution in [0.1, 0.15) is 16.7 Å². The van der Waals surface area contributed by atoms with Crippen LogP contribution in [0.2, 0.25) is 0 Å². The van der Waals surface area contributed by atoms with Gasteiger partial charge >= 0.3 is 12.1 Å². The SMILES string of the molecule is N[C@H]1Cc2ccccc2CN(CC(=O)NCc2ccccc2)C1=O.O=C(O)C(F)(F)F. The lowest BCUT2D eigenvalue weighted by atomic mass is 10.0. The fraction of sp³-hybridized carbons (Fsp3) is 0.286. The van der Waals surface area contributed by atoms with Gasteiger partial charge in [-0.2, -0.15) is 13.2 Å². The Bertz CT molecular complexity index is 920. The molecule has 2 aromatic carbocycles. The second kappa shape index (κ2) is 10.6. The van der Waals surface area contributed by atoms with E-state index in [9.17, 15) is 22.8 Å². The highest BCUT2D eigenvalue weighted by Crippen LogP contribution is 2.18. The van der Waals surface area contributed by atoms with Crippen LogP contribution in [0.3, 0.4) is 0 Å². The summed E-state index contributed by atoms with van der Waals surface area (Å²) in [4.78, 5) is 35.1. The average molecular weight is 437 g/mol. The maximum absolute atomic E-state index is 12.4. The molecule has 0 spiro atoms. The predicted octanol–water partition coefficient (Wildman–Crippen LogP) is 1.85. The number of nitrogens with two attached hydrogens (primary N) is 1. The van der Waals surface area contributed by atoms with E-state index in [0.29, 0.717) is 19.5 Å². The van der Waals surface area contributed by atoms with Crippen LogP contribution < -0.4 is 11.1 Å². The molecule has 166 valence electrons. The molecule has 0 radical (unpaired) electrons. The van der Waals surface area contributed by atoms with Gasteiger partial charge < -0.3 is 21.1 Å². The minimum Gasteiger partial charge on any atom is -0.475 e. The van der Waals surface area contributed by atoms with E-state index in [2.05, 4.69) is 5.32 Å². The maximum atomic E-state index is 12.4. The molecular weight excluding hydrogens is 415 g/mol. The summed E-state index contributed by atoms with van der Waals surface area (Å²) >= 11 is 0. The van der Waals surface area contributed by atoms with Gasteiger partial charge in [0.05, 0.1) is 12.6 Å². The first-order valence-electron chi connectivity index (χ1n) is 9.30. The second-order valence-corrected chi connectivity index (χ2v) is 6.84. The van der Waals surface area contributed by atoms with Gasteiger partial charge in [-0.25, -0.2) is 4.79 Å². The molecule has 1 aliphatic rings. The number of nitrogens with one attached hydrogen (secondary N) is 1. The predicted molar refractivity (Wildman–Crippen MR) is 106 cm³/mol. The molecule has 0 aromatic heterocycles. The normalized spacial score (nSPS) is 15.8. The van der Waals surface area contributed by atoms with E-state index in [1.807, 2.05) is 54.6 Å². The molecule has 10 heteroatoms. The van der Waals surface area contributed by atoms with Crippen LogP contribution >= 0.6 is 0 Å². The molecule has 2 amide bonds. The molecule has 1 aliphatic heterocycles. The molecule has 0 fully saturated rings. The summed E-state index contributed by atoms with van der Waals surface area (Å²) in [5.74, 6) is -3.12. The number of rotatable bonds is 4. The fourth-order valence-corrected chi connectivity index (χ4v) is 2.91. The summed E-state index contributed by atoms with van der Waals surface area (Å²) in [6.45, 7) is 0.888. The first-order chi connectivity index (χ1) is 14.6. The standard InChI is InChI=1S/C19H21N3O2.C2HF3O2/c20-17-10-15-8-4-5-9-16(15)12-22(19(17)24)13-18(23)21-11-14-6-2-1-3-7-14;3-2(4,5)1(6)7/h1-9,17H,10-13,20H2,(H,21,23);(H,6,7)/t17-;/m0./s1. The molecule has 1 heterocycles. The van der Waals surface area contributed by atoms with Crippen molar-refractivity contribution in [2.75, 3.05) is 6.54 Å². The fourth-order valence-electron chi connectivity index (χ4n) is 2.91. The highest BCUT2D eigenvalue weighted by Gasteiger charge is 2.38. The van der Waals surface area contributed by atoms with Crippen molar-refractivity contribution >= 4 is 17.8 Å². The summed E-state index contributed by atoms with van der Waals surface area (Å²) < 4.78 is 31.7. The van der Waals surface area contributed by atoms with Crippen molar-refractivity contribution in [2.24, 2.45) is 5.73 Å². The number of carbonyl (C=O) groups excluding carboxylic acids is 2. The van der Waals surface area contributed by atoms with Gasteiger partial charge in [0.25, 0.3) is 0 Å². The van der Waals surface area contributed by atoms with E-state index in [0.717, 1.165) is 16.7 Å². The Morgan fingerprint density at radius 1 is 1.06 bits per heavy atom. The van der Waals surface area contributed by atoms with Gasteiger partial charge in [-0.1, -0.05) is 54.6 Å². The zero-order valence-electron chi connectivity index (χ0n) is 16.4. The van der Waals surface area contributed by atoms with Crippen molar-refractivity contribution in [2.45, 2.75) is 31.7 Å². The van der Waals surface area contributed by atoms with E-state index >= 15 is 0 Å². The molecule has 3 rings (SSSR count). The molecule has 4 N–H and O–H groups in total. The monoisotopic (exact) mass is 437 g/mol. The number of fused-ring (bicyclic) bond motifs is 1. The zero-order chi connectivity index (χ0) is 23.0. The third-order valence-electron chi connectivity index (χ3n) is 4.46. The van der Waals surface area contributed by atoms with Gasteiger partial charge in [-0.15, -0.1) is 0 Å². The summed E-state index contributed by atoms with van der Waals surface area (Å²) in [5.41, 5.74) is 9.15. The van der Waals surface area contributed by atoms with Gasteiger partial charge in [0.2, 0.25) is 11.8 Å². The van der Waals surface area contributed by atoms with E-state index in [4.69, 9.17) is 15.6 Å². The smallest absolute Gasteiger partial charge is 0.475 e. The molecule has 2 aromatic rings. The number of carboxylic acids is 1.